The molecule has 1 aromatic rings. The summed E-state index contributed by atoms with van der Waals surface area (Å²) < 4.78 is 18.9. The normalized spacial score (nSPS) is 11.5. The molecule has 1 rings (SSSR count). The lowest BCUT2D eigenvalue weighted by Gasteiger charge is -2.09. The summed E-state index contributed by atoms with van der Waals surface area (Å²) in [6.07, 6.45) is 0.801. The number of anilines is 1. The SMILES string of the molecule is CCOCCCN=C(NN)Nc1ccc(Br)c(F)c1. The number of halogens is 2. The van der Waals surface area contributed by atoms with Crippen molar-refractivity contribution in [3.8, 4) is 0 Å². The Kier molecular flexibility index (Phi) is 7.39. The lowest BCUT2D eigenvalue weighted by atomic mass is 10.3. The summed E-state index contributed by atoms with van der Waals surface area (Å²) in [6, 6.07) is 4.69. The van der Waals surface area contributed by atoms with E-state index in [0.717, 1.165) is 6.42 Å². The van der Waals surface area contributed by atoms with Crippen molar-refractivity contribution in [2.45, 2.75) is 13.3 Å². The molecule has 0 bridgehead atoms. The molecule has 0 aromatic heterocycles. The minimum atomic E-state index is -0.349. The second-order valence-corrected chi connectivity index (χ2v) is 4.53. The number of hydrogen-bond donors (Lipinski definition) is 3. The van der Waals surface area contributed by atoms with Gasteiger partial charge < -0.3 is 10.1 Å². The zero-order chi connectivity index (χ0) is 14.1. The van der Waals surface area contributed by atoms with Gasteiger partial charge in [0.1, 0.15) is 5.82 Å². The lowest BCUT2D eigenvalue weighted by Crippen LogP contribution is -2.36. The van der Waals surface area contributed by atoms with Crippen LogP contribution in [-0.4, -0.2) is 25.7 Å². The lowest BCUT2D eigenvalue weighted by molar-refractivity contribution is 0.146. The zero-order valence-electron chi connectivity index (χ0n) is 10.7. The Balaban J connectivity index is 2.50. The fourth-order valence-corrected chi connectivity index (χ4v) is 1.58. The van der Waals surface area contributed by atoms with Crippen molar-refractivity contribution >= 4 is 27.6 Å². The van der Waals surface area contributed by atoms with Gasteiger partial charge in [0.25, 0.3) is 0 Å². The zero-order valence-corrected chi connectivity index (χ0v) is 12.3. The minimum absolute atomic E-state index is 0.349. The van der Waals surface area contributed by atoms with Crippen molar-refractivity contribution in [2.75, 3.05) is 25.1 Å². The predicted molar refractivity (Wildman–Crippen MR) is 78.5 cm³/mol. The molecule has 0 aliphatic rings. The largest absolute Gasteiger partial charge is 0.382 e. The predicted octanol–water partition coefficient (Wildman–Crippen LogP) is 2.25. The van der Waals surface area contributed by atoms with Crippen molar-refractivity contribution in [3.63, 3.8) is 0 Å². The number of nitrogens with one attached hydrogen (secondary N) is 2. The van der Waals surface area contributed by atoms with Crippen molar-refractivity contribution in [3.05, 3.63) is 28.5 Å². The molecule has 0 atom stereocenters. The van der Waals surface area contributed by atoms with Gasteiger partial charge in [-0.3, -0.25) is 10.4 Å². The van der Waals surface area contributed by atoms with Crippen LogP contribution in [0.25, 0.3) is 0 Å². The second kappa shape index (κ2) is 8.84. The van der Waals surface area contributed by atoms with Crippen LogP contribution in [-0.2, 0) is 4.74 Å². The summed E-state index contributed by atoms with van der Waals surface area (Å²) in [7, 11) is 0. The molecule has 0 radical (unpaired) electrons. The molecule has 1 aromatic carbocycles. The standard InChI is InChI=1S/C12H18BrFN4O/c1-2-19-7-3-6-16-12(18-15)17-9-4-5-10(13)11(14)8-9/h4-5,8H,2-3,6-7,15H2,1H3,(H2,16,17,18). The minimum Gasteiger partial charge on any atom is -0.382 e. The molecular weight excluding hydrogens is 315 g/mol. The highest BCUT2D eigenvalue weighted by Gasteiger charge is 2.02. The molecule has 5 nitrogen and oxygen atoms in total. The van der Waals surface area contributed by atoms with E-state index in [0.29, 0.717) is 35.9 Å². The molecule has 7 heteroatoms. The molecule has 0 saturated carbocycles. The summed E-state index contributed by atoms with van der Waals surface area (Å²) in [5, 5.41) is 2.90. The molecule has 0 spiro atoms. The number of benzene rings is 1. The number of ether oxygens (including phenoxy) is 1. The number of rotatable bonds is 6. The van der Waals surface area contributed by atoms with Crippen LogP contribution in [0.1, 0.15) is 13.3 Å². The van der Waals surface area contributed by atoms with Gasteiger partial charge in [-0.05, 0) is 47.5 Å². The maximum Gasteiger partial charge on any atom is 0.210 e. The number of aliphatic imine (C=N–C) groups is 1. The third kappa shape index (κ3) is 6.00. The van der Waals surface area contributed by atoms with E-state index in [1.54, 1.807) is 12.1 Å². The van der Waals surface area contributed by atoms with E-state index >= 15 is 0 Å². The van der Waals surface area contributed by atoms with Crippen LogP contribution in [0.4, 0.5) is 10.1 Å². The molecule has 0 fully saturated rings. The Labute approximate surface area is 120 Å². The number of hydrazine groups is 1. The fraction of sp³-hybridized carbons (Fsp3) is 0.417. The van der Waals surface area contributed by atoms with Gasteiger partial charge in [-0.1, -0.05) is 0 Å². The third-order valence-electron chi connectivity index (χ3n) is 2.24. The van der Waals surface area contributed by atoms with Crippen LogP contribution in [0.5, 0.6) is 0 Å². The Morgan fingerprint density at radius 2 is 2.32 bits per heavy atom. The second-order valence-electron chi connectivity index (χ2n) is 3.68. The molecule has 0 unspecified atom stereocenters. The van der Waals surface area contributed by atoms with Gasteiger partial charge in [0.2, 0.25) is 5.96 Å². The van der Waals surface area contributed by atoms with E-state index in [1.807, 2.05) is 6.92 Å². The van der Waals surface area contributed by atoms with E-state index in [9.17, 15) is 4.39 Å². The topological polar surface area (TPSA) is 71.7 Å². The van der Waals surface area contributed by atoms with Crippen LogP contribution >= 0.6 is 15.9 Å². The van der Waals surface area contributed by atoms with E-state index in [4.69, 9.17) is 10.6 Å². The molecular formula is C12H18BrFN4O. The molecule has 0 aliphatic carbocycles. The quantitative estimate of drug-likeness (QED) is 0.245. The van der Waals surface area contributed by atoms with Gasteiger partial charge in [0, 0.05) is 25.4 Å². The van der Waals surface area contributed by atoms with Crippen LogP contribution in [0.2, 0.25) is 0 Å². The number of guanidine groups is 1. The average molecular weight is 333 g/mol. The highest BCUT2D eigenvalue weighted by molar-refractivity contribution is 9.10. The molecule has 4 N–H and O–H groups in total. The monoisotopic (exact) mass is 332 g/mol. The molecule has 19 heavy (non-hydrogen) atoms. The summed E-state index contributed by atoms with van der Waals surface area (Å²) in [6.45, 7) is 3.87. The first-order chi connectivity index (χ1) is 9.17. The molecule has 0 aliphatic heterocycles. The number of nitrogens with zero attached hydrogens (tertiary/aromatic N) is 1. The van der Waals surface area contributed by atoms with Crippen LogP contribution in [0, 0.1) is 5.82 Å². The Morgan fingerprint density at radius 3 is 2.95 bits per heavy atom. The van der Waals surface area contributed by atoms with Crippen LogP contribution < -0.4 is 16.6 Å². The molecule has 0 saturated heterocycles. The summed E-state index contributed by atoms with van der Waals surface area (Å²) >= 11 is 3.09. The first-order valence-electron chi connectivity index (χ1n) is 5.98. The van der Waals surface area contributed by atoms with Crippen molar-refractivity contribution in [2.24, 2.45) is 10.8 Å². The maximum atomic E-state index is 13.3. The van der Waals surface area contributed by atoms with E-state index < -0.39 is 0 Å². The van der Waals surface area contributed by atoms with Gasteiger partial charge in [-0.2, -0.15) is 0 Å². The Morgan fingerprint density at radius 1 is 1.53 bits per heavy atom. The van der Waals surface area contributed by atoms with Crippen molar-refractivity contribution in [1.29, 1.82) is 0 Å². The third-order valence-corrected chi connectivity index (χ3v) is 2.88. The van der Waals surface area contributed by atoms with Gasteiger partial charge in [-0.15, -0.1) is 0 Å². The highest BCUT2D eigenvalue weighted by Crippen LogP contribution is 2.19. The fourth-order valence-electron chi connectivity index (χ4n) is 1.33. The molecule has 0 heterocycles. The van der Waals surface area contributed by atoms with E-state index in [2.05, 4.69) is 31.7 Å². The highest BCUT2D eigenvalue weighted by atomic mass is 79.9. The Bertz CT molecular complexity index is 428. The van der Waals surface area contributed by atoms with Gasteiger partial charge >= 0.3 is 0 Å². The van der Waals surface area contributed by atoms with Crippen molar-refractivity contribution < 1.29 is 9.13 Å². The number of hydrogen-bond acceptors (Lipinski definition) is 3. The Hall–Kier alpha value is -1.18. The smallest absolute Gasteiger partial charge is 0.210 e. The van der Waals surface area contributed by atoms with Crippen molar-refractivity contribution in [1.82, 2.24) is 5.43 Å². The average Bonchev–Trinajstić information content (AvgIpc) is 2.41. The van der Waals surface area contributed by atoms with E-state index in [1.165, 1.54) is 6.07 Å². The van der Waals surface area contributed by atoms with E-state index in [-0.39, 0.29) is 5.82 Å². The van der Waals surface area contributed by atoms with Gasteiger partial charge in [0.05, 0.1) is 4.47 Å². The first kappa shape index (κ1) is 15.9. The molecule has 106 valence electrons. The summed E-state index contributed by atoms with van der Waals surface area (Å²) in [4.78, 5) is 4.22. The van der Waals surface area contributed by atoms with Gasteiger partial charge in [-0.25, -0.2) is 10.2 Å². The maximum absolute atomic E-state index is 13.3. The van der Waals surface area contributed by atoms with Crippen LogP contribution in [0.3, 0.4) is 0 Å². The summed E-state index contributed by atoms with van der Waals surface area (Å²) in [5.41, 5.74) is 3.01. The molecule has 0 amide bonds. The number of nitrogens with two attached hydrogens (primary N) is 1. The first-order valence-corrected chi connectivity index (χ1v) is 6.77. The summed E-state index contributed by atoms with van der Waals surface area (Å²) in [5.74, 6) is 5.39. The van der Waals surface area contributed by atoms with Gasteiger partial charge in [0.15, 0.2) is 0 Å². The van der Waals surface area contributed by atoms with Crippen LogP contribution in [0.15, 0.2) is 27.7 Å².